The second-order valence-corrected chi connectivity index (χ2v) is 9.51. The SMILES string of the molecule is Cc1ccc(S(=O)(=O)O)c(CCCCCc2cc(C)ccc2S(=O)(=O)O)c1. The lowest BCUT2D eigenvalue weighted by molar-refractivity contribution is 0.480. The molecule has 0 atom stereocenters. The quantitative estimate of drug-likeness (QED) is 0.505. The molecular weight excluding hydrogens is 388 g/mol. The first-order valence-corrected chi connectivity index (χ1v) is 11.5. The fourth-order valence-corrected chi connectivity index (χ4v) is 4.58. The zero-order chi connectivity index (χ0) is 20.2. The second kappa shape index (κ2) is 8.52. The number of benzene rings is 2. The highest BCUT2D eigenvalue weighted by molar-refractivity contribution is 7.86. The van der Waals surface area contributed by atoms with Crippen molar-refractivity contribution in [3.8, 4) is 0 Å². The molecule has 148 valence electrons. The van der Waals surface area contributed by atoms with Gasteiger partial charge in [-0.25, -0.2) is 0 Å². The molecule has 0 saturated carbocycles. The molecule has 0 spiro atoms. The number of rotatable bonds is 8. The van der Waals surface area contributed by atoms with Gasteiger partial charge < -0.3 is 0 Å². The molecule has 0 fully saturated rings. The highest BCUT2D eigenvalue weighted by Crippen LogP contribution is 2.22. The molecule has 0 radical (unpaired) electrons. The number of hydrogen-bond donors (Lipinski definition) is 2. The van der Waals surface area contributed by atoms with E-state index in [4.69, 9.17) is 0 Å². The maximum atomic E-state index is 11.5. The van der Waals surface area contributed by atoms with E-state index >= 15 is 0 Å². The Balaban J connectivity index is 2.00. The molecule has 0 aliphatic carbocycles. The summed E-state index contributed by atoms with van der Waals surface area (Å²) in [4.78, 5) is -0.138. The topological polar surface area (TPSA) is 109 Å². The first-order valence-electron chi connectivity index (χ1n) is 8.62. The van der Waals surface area contributed by atoms with Crippen LogP contribution in [0, 0.1) is 13.8 Å². The van der Waals surface area contributed by atoms with Gasteiger partial charge in [-0.05, 0) is 62.8 Å². The van der Waals surface area contributed by atoms with E-state index in [2.05, 4.69) is 0 Å². The molecule has 6 nitrogen and oxygen atoms in total. The van der Waals surface area contributed by atoms with Gasteiger partial charge in [-0.15, -0.1) is 0 Å². The highest BCUT2D eigenvalue weighted by Gasteiger charge is 2.16. The molecular formula is C19H24O6S2. The van der Waals surface area contributed by atoms with Gasteiger partial charge in [0, 0.05) is 0 Å². The van der Waals surface area contributed by atoms with E-state index in [1.165, 1.54) is 12.1 Å². The van der Waals surface area contributed by atoms with Crippen LogP contribution in [0.2, 0.25) is 0 Å². The molecule has 0 aliphatic heterocycles. The lowest BCUT2D eigenvalue weighted by Gasteiger charge is -2.10. The molecule has 0 unspecified atom stereocenters. The molecule has 2 N–H and O–H groups in total. The van der Waals surface area contributed by atoms with E-state index in [0.29, 0.717) is 36.8 Å². The van der Waals surface area contributed by atoms with Crippen LogP contribution in [0.3, 0.4) is 0 Å². The van der Waals surface area contributed by atoms with Crippen LogP contribution in [-0.2, 0) is 33.1 Å². The maximum Gasteiger partial charge on any atom is 0.294 e. The minimum Gasteiger partial charge on any atom is -0.282 e. The number of aryl methyl sites for hydroxylation is 4. The van der Waals surface area contributed by atoms with Crippen LogP contribution in [0.15, 0.2) is 46.2 Å². The standard InChI is InChI=1S/C19H24O6S2/c1-14-8-10-18(26(20,21)22)16(12-14)6-4-3-5-7-17-13-15(2)9-11-19(17)27(23,24)25/h8-13H,3-7H2,1-2H3,(H,20,21,22)(H,23,24,25). The molecule has 0 saturated heterocycles. The van der Waals surface area contributed by atoms with Crippen molar-refractivity contribution in [2.24, 2.45) is 0 Å². The normalized spacial score (nSPS) is 12.3. The van der Waals surface area contributed by atoms with Crippen LogP contribution in [-0.4, -0.2) is 25.9 Å². The summed E-state index contributed by atoms with van der Waals surface area (Å²) in [6.45, 7) is 3.71. The molecule has 2 aromatic rings. The predicted octanol–water partition coefficient (Wildman–Crippen LogP) is 3.75. The van der Waals surface area contributed by atoms with Crippen molar-refractivity contribution in [3.05, 3.63) is 58.7 Å². The minimum atomic E-state index is -4.26. The van der Waals surface area contributed by atoms with Gasteiger partial charge in [0.05, 0.1) is 9.79 Å². The van der Waals surface area contributed by atoms with Gasteiger partial charge in [-0.3, -0.25) is 9.11 Å². The zero-order valence-electron chi connectivity index (χ0n) is 15.3. The van der Waals surface area contributed by atoms with Gasteiger partial charge in [-0.1, -0.05) is 41.8 Å². The Kier molecular flexibility index (Phi) is 6.80. The summed E-state index contributed by atoms with van der Waals surface area (Å²) in [5.41, 5.74) is 2.98. The third-order valence-corrected chi connectivity index (χ3v) is 6.29. The fourth-order valence-electron chi connectivity index (χ4n) is 3.12. The third kappa shape index (κ3) is 6.14. The second-order valence-electron chi connectivity index (χ2n) is 6.73. The molecule has 2 rings (SSSR count). The summed E-state index contributed by atoms with van der Waals surface area (Å²) in [5.74, 6) is 0. The molecule has 2 aromatic carbocycles. The van der Waals surface area contributed by atoms with Crippen molar-refractivity contribution in [1.29, 1.82) is 0 Å². The smallest absolute Gasteiger partial charge is 0.282 e. The fraction of sp³-hybridized carbons (Fsp3) is 0.368. The van der Waals surface area contributed by atoms with E-state index < -0.39 is 20.2 Å². The van der Waals surface area contributed by atoms with Crippen molar-refractivity contribution in [1.82, 2.24) is 0 Å². The molecule has 27 heavy (non-hydrogen) atoms. The third-order valence-electron chi connectivity index (χ3n) is 4.38. The van der Waals surface area contributed by atoms with E-state index in [1.807, 2.05) is 13.8 Å². The van der Waals surface area contributed by atoms with Gasteiger partial charge in [0.1, 0.15) is 0 Å². The van der Waals surface area contributed by atoms with E-state index in [-0.39, 0.29) is 9.79 Å². The van der Waals surface area contributed by atoms with Crippen LogP contribution >= 0.6 is 0 Å². The first kappa shape index (κ1) is 21.6. The first-order chi connectivity index (χ1) is 12.5. The lowest BCUT2D eigenvalue weighted by atomic mass is 10.0. The number of hydrogen-bond acceptors (Lipinski definition) is 4. The van der Waals surface area contributed by atoms with E-state index in [0.717, 1.165) is 17.5 Å². The summed E-state index contributed by atoms with van der Waals surface area (Å²) >= 11 is 0. The van der Waals surface area contributed by atoms with Crippen LogP contribution in [0.25, 0.3) is 0 Å². The Morgan fingerprint density at radius 2 is 1.04 bits per heavy atom. The van der Waals surface area contributed by atoms with Gasteiger partial charge >= 0.3 is 0 Å². The average Bonchev–Trinajstić information content (AvgIpc) is 2.52. The van der Waals surface area contributed by atoms with Crippen molar-refractivity contribution >= 4 is 20.2 Å². The Bertz CT molecular complexity index is 941. The lowest BCUT2D eigenvalue weighted by Crippen LogP contribution is -2.05. The summed E-state index contributed by atoms with van der Waals surface area (Å²) in [5, 5.41) is 0. The Morgan fingerprint density at radius 1 is 0.667 bits per heavy atom. The molecule has 0 aliphatic rings. The van der Waals surface area contributed by atoms with E-state index in [1.54, 1.807) is 24.3 Å². The Morgan fingerprint density at radius 3 is 1.37 bits per heavy atom. The summed E-state index contributed by atoms with van der Waals surface area (Å²) < 4.78 is 64.6. The predicted molar refractivity (Wildman–Crippen MR) is 103 cm³/mol. The Labute approximate surface area is 160 Å². The molecule has 0 heterocycles. The van der Waals surface area contributed by atoms with Gasteiger partial charge in [0.2, 0.25) is 0 Å². The minimum absolute atomic E-state index is 0.0690. The number of unbranched alkanes of at least 4 members (excludes halogenated alkanes) is 2. The Hall–Kier alpha value is -1.74. The van der Waals surface area contributed by atoms with Crippen LogP contribution in [0.5, 0.6) is 0 Å². The molecule has 0 bridgehead atoms. The maximum absolute atomic E-state index is 11.5. The monoisotopic (exact) mass is 412 g/mol. The van der Waals surface area contributed by atoms with Gasteiger partial charge in [0.25, 0.3) is 20.2 Å². The molecule has 0 aromatic heterocycles. The summed E-state index contributed by atoms with van der Waals surface area (Å²) in [6, 6.07) is 9.60. The van der Waals surface area contributed by atoms with Gasteiger partial charge in [0.15, 0.2) is 0 Å². The largest absolute Gasteiger partial charge is 0.294 e. The van der Waals surface area contributed by atoms with Crippen LogP contribution in [0.1, 0.15) is 41.5 Å². The van der Waals surface area contributed by atoms with Crippen molar-refractivity contribution < 1.29 is 25.9 Å². The van der Waals surface area contributed by atoms with E-state index in [9.17, 15) is 25.9 Å². The van der Waals surface area contributed by atoms with Crippen molar-refractivity contribution in [2.75, 3.05) is 0 Å². The summed E-state index contributed by atoms with van der Waals surface area (Å²) in [6.07, 6.45) is 3.13. The van der Waals surface area contributed by atoms with Crippen molar-refractivity contribution in [3.63, 3.8) is 0 Å². The average molecular weight is 413 g/mol. The molecule has 0 amide bonds. The van der Waals surface area contributed by atoms with Crippen LogP contribution < -0.4 is 0 Å². The summed E-state index contributed by atoms with van der Waals surface area (Å²) in [7, 11) is -8.51. The zero-order valence-corrected chi connectivity index (χ0v) is 17.0. The van der Waals surface area contributed by atoms with Crippen molar-refractivity contribution in [2.45, 2.75) is 55.7 Å². The highest BCUT2D eigenvalue weighted by atomic mass is 32.2. The molecule has 8 heteroatoms. The van der Waals surface area contributed by atoms with Gasteiger partial charge in [-0.2, -0.15) is 16.8 Å². The van der Waals surface area contributed by atoms with Crippen LogP contribution in [0.4, 0.5) is 0 Å².